The van der Waals surface area contributed by atoms with E-state index in [9.17, 15) is 9.90 Å². The van der Waals surface area contributed by atoms with Crippen molar-refractivity contribution in [1.82, 2.24) is 4.98 Å². The summed E-state index contributed by atoms with van der Waals surface area (Å²) in [6, 6.07) is 7.91. The molecule has 6 heteroatoms. The number of hydrogen-bond donors (Lipinski definition) is 1. The zero-order valence-electron chi connectivity index (χ0n) is 10.0. The lowest BCUT2D eigenvalue weighted by Crippen LogP contribution is -2.06. The Morgan fingerprint density at radius 2 is 2.20 bits per heavy atom. The highest BCUT2D eigenvalue weighted by Crippen LogP contribution is 2.18. The van der Waals surface area contributed by atoms with Gasteiger partial charge in [0.2, 0.25) is 0 Å². The summed E-state index contributed by atoms with van der Waals surface area (Å²) in [6.07, 6.45) is 2.60. The molecule has 100 valence electrons. The third-order valence-electron chi connectivity index (χ3n) is 2.62. The maximum Gasteiger partial charge on any atom is 0.362 e. The van der Waals surface area contributed by atoms with Crippen LogP contribution in [-0.2, 0) is 0 Å². The lowest BCUT2D eigenvalue weighted by molar-refractivity contribution is 0.461. The van der Waals surface area contributed by atoms with Crippen LogP contribution in [-0.4, -0.2) is 10.1 Å². The molecule has 3 rings (SSSR count). The molecule has 0 saturated carbocycles. The second-order valence-electron chi connectivity index (χ2n) is 4.01. The molecule has 20 heavy (non-hydrogen) atoms. The van der Waals surface area contributed by atoms with Crippen LogP contribution in [0.3, 0.4) is 0 Å². The van der Waals surface area contributed by atoms with Crippen molar-refractivity contribution in [3.63, 3.8) is 0 Å². The van der Waals surface area contributed by atoms with E-state index in [0.717, 1.165) is 0 Å². The SMILES string of the molecule is O=c1oc2ccc(Cl)cc2nc1/C=C(\O)c1ccco1. The van der Waals surface area contributed by atoms with Crippen molar-refractivity contribution in [1.29, 1.82) is 0 Å². The quantitative estimate of drug-likeness (QED) is 0.731. The highest BCUT2D eigenvalue weighted by molar-refractivity contribution is 6.31. The van der Waals surface area contributed by atoms with Gasteiger partial charge in [-0.3, -0.25) is 0 Å². The molecule has 2 heterocycles. The topological polar surface area (TPSA) is 76.5 Å². The third-order valence-corrected chi connectivity index (χ3v) is 2.86. The normalized spacial score (nSPS) is 11.9. The summed E-state index contributed by atoms with van der Waals surface area (Å²) in [5.41, 5.74) is 0.0660. The van der Waals surface area contributed by atoms with Crippen LogP contribution in [0, 0.1) is 0 Å². The molecule has 0 aliphatic heterocycles. The summed E-state index contributed by atoms with van der Waals surface area (Å²) in [5.74, 6) is 0.0218. The number of fused-ring (bicyclic) bond motifs is 1. The fraction of sp³-hybridized carbons (Fsp3) is 0. The van der Waals surface area contributed by atoms with Crippen molar-refractivity contribution in [3.8, 4) is 0 Å². The molecule has 2 aromatic heterocycles. The van der Waals surface area contributed by atoms with Gasteiger partial charge in [0, 0.05) is 11.1 Å². The van der Waals surface area contributed by atoms with Crippen LogP contribution in [0.15, 0.2) is 50.2 Å². The lowest BCUT2D eigenvalue weighted by Gasteiger charge is -1.99. The van der Waals surface area contributed by atoms with Gasteiger partial charge < -0.3 is 13.9 Å². The molecule has 0 unspecified atom stereocenters. The van der Waals surface area contributed by atoms with Crippen molar-refractivity contribution in [3.05, 3.63) is 63.5 Å². The second-order valence-corrected chi connectivity index (χ2v) is 4.44. The zero-order valence-corrected chi connectivity index (χ0v) is 10.8. The van der Waals surface area contributed by atoms with Crippen molar-refractivity contribution < 1.29 is 13.9 Å². The Morgan fingerprint density at radius 3 is 2.95 bits per heavy atom. The minimum absolute atomic E-state index is 0.0336. The van der Waals surface area contributed by atoms with Crippen molar-refractivity contribution in [2.75, 3.05) is 0 Å². The standard InChI is InChI=1S/C14H8ClNO4/c15-8-3-4-12-9(6-8)16-10(14(18)20-12)7-11(17)13-2-1-5-19-13/h1-7,17H/b11-7-. The number of aliphatic hydroxyl groups is 1. The van der Waals surface area contributed by atoms with E-state index in [1.807, 2.05) is 0 Å². The predicted octanol–water partition coefficient (Wildman–Crippen LogP) is 3.49. The minimum atomic E-state index is -0.655. The summed E-state index contributed by atoms with van der Waals surface area (Å²) in [6.45, 7) is 0. The van der Waals surface area contributed by atoms with Gasteiger partial charge in [-0.25, -0.2) is 9.78 Å². The lowest BCUT2D eigenvalue weighted by atomic mass is 10.3. The Morgan fingerprint density at radius 1 is 1.35 bits per heavy atom. The zero-order chi connectivity index (χ0) is 14.1. The van der Waals surface area contributed by atoms with Crippen molar-refractivity contribution >= 4 is 34.5 Å². The third kappa shape index (κ3) is 2.31. The number of aliphatic hydroxyl groups excluding tert-OH is 1. The van der Waals surface area contributed by atoms with E-state index < -0.39 is 5.63 Å². The van der Waals surface area contributed by atoms with E-state index in [0.29, 0.717) is 16.1 Å². The van der Waals surface area contributed by atoms with Crippen LogP contribution in [0.5, 0.6) is 0 Å². The fourth-order valence-corrected chi connectivity index (χ4v) is 1.87. The molecule has 1 N–H and O–H groups in total. The average Bonchev–Trinajstić information content (AvgIpc) is 2.94. The average molecular weight is 290 g/mol. The molecule has 0 aliphatic carbocycles. The Bertz CT molecular complexity index is 849. The first-order valence-electron chi connectivity index (χ1n) is 5.68. The van der Waals surface area contributed by atoms with Gasteiger partial charge in [0.25, 0.3) is 0 Å². The van der Waals surface area contributed by atoms with E-state index >= 15 is 0 Å². The summed E-state index contributed by atoms with van der Waals surface area (Å²) >= 11 is 5.86. The van der Waals surface area contributed by atoms with Gasteiger partial charge in [-0.2, -0.15) is 0 Å². The molecule has 0 aliphatic rings. The molecule has 0 amide bonds. The minimum Gasteiger partial charge on any atom is -0.504 e. The molecule has 0 fully saturated rings. The maximum absolute atomic E-state index is 11.8. The number of rotatable bonds is 2. The molecule has 5 nitrogen and oxygen atoms in total. The predicted molar refractivity (Wildman–Crippen MR) is 74.5 cm³/mol. The van der Waals surface area contributed by atoms with E-state index in [4.69, 9.17) is 20.4 Å². The van der Waals surface area contributed by atoms with Crippen LogP contribution in [0.25, 0.3) is 22.9 Å². The molecule has 0 saturated heterocycles. The number of halogens is 1. The monoisotopic (exact) mass is 289 g/mol. The molecule has 3 aromatic rings. The largest absolute Gasteiger partial charge is 0.504 e. The van der Waals surface area contributed by atoms with E-state index in [2.05, 4.69) is 4.98 Å². The second kappa shape index (κ2) is 4.86. The molecule has 0 radical (unpaired) electrons. The molecule has 0 bridgehead atoms. The number of hydrogen-bond acceptors (Lipinski definition) is 5. The summed E-state index contributed by atoms with van der Waals surface area (Å²) < 4.78 is 10.1. The molecule has 0 atom stereocenters. The number of furan rings is 1. The van der Waals surface area contributed by atoms with Gasteiger partial charge in [0.1, 0.15) is 5.52 Å². The van der Waals surface area contributed by atoms with Crippen molar-refractivity contribution in [2.45, 2.75) is 0 Å². The van der Waals surface area contributed by atoms with Gasteiger partial charge in [0.15, 0.2) is 22.8 Å². The first kappa shape index (κ1) is 12.5. The van der Waals surface area contributed by atoms with E-state index in [1.165, 1.54) is 12.3 Å². The molecular formula is C14H8ClNO4. The van der Waals surface area contributed by atoms with E-state index in [1.54, 1.807) is 30.3 Å². The molecule has 0 spiro atoms. The summed E-state index contributed by atoms with van der Waals surface area (Å²) in [4.78, 5) is 15.9. The van der Waals surface area contributed by atoms with Gasteiger partial charge in [-0.05, 0) is 30.3 Å². The first-order chi connectivity index (χ1) is 9.63. The Labute approximate surface area is 117 Å². The van der Waals surface area contributed by atoms with Crippen LogP contribution in [0.1, 0.15) is 11.5 Å². The van der Waals surface area contributed by atoms with Gasteiger partial charge in [-0.1, -0.05) is 11.6 Å². The van der Waals surface area contributed by atoms with Crippen molar-refractivity contribution in [2.24, 2.45) is 0 Å². The van der Waals surface area contributed by atoms with Crippen LogP contribution >= 0.6 is 11.6 Å². The number of nitrogens with zero attached hydrogens (tertiary/aromatic N) is 1. The highest BCUT2D eigenvalue weighted by atomic mass is 35.5. The van der Waals surface area contributed by atoms with Crippen LogP contribution < -0.4 is 5.63 Å². The highest BCUT2D eigenvalue weighted by Gasteiger charge is 2.09. The van der Waals surface area contributed by atoms with Crippen LogP contribution in [0.2, 0.25) is 5.02 Å². The Balaban J connectivity index is 2.14. The Hall–Kier alpha value is -2.53. The maximum atomic E-state index is 11.8. The summed E-state index contributed by atoms with van der Waals surface area (Å²) in [7, 11) is 0. The van der Waals surface area contributed by atoms with Crippen LogP contribution in [0.4, 0.5) is 0 Å². The van der Waals surface area contributed by atoms with Gasteiger partial charge >= 0.3 is 5.63 Å². The first-order valence-corrected chi connectivity index (χ1v) is 6.06. The smallest absolute Gasteiger partial charge is 0.362 e. The molecular weight excluding hydrogens is 282 g/mol. The summed E-state index contributed by atoms with van der Waals surface area (Å²) in [5, 5.41) is 10.3. The fourth-order valence-electron chi connectivity index (χ4n) is 1.71. The Kier molecular flexibility index (Phi) is 3.04. The number of benzene rings is 1. The van der Waals surface area contributed by atoms with Gasteiger partial charge in [0.05, 0.1) is 6.26 Å². The van der Waals surface area contributed by atoms with E-state index in [-0.39, 0.29) is 17.2 Å². The van der Waals surface area contributed by atoms with Gasteiger partial charge in [-0.15, -0.1) is 0 Å². The molecule has 1 aromatic carbocycles. The number of aromatic nitrogens is 1.